The van der Waals surface area contributed by atoms with Gasteiger partial charge >= 0.3 is 5.97 Å². The van der Waals surface area contributed by atoms with E-state index in [0.717, 1.165) is 0 Å². The minimum atomic E-state index is -3.78. The second-order valence-electron chi connectivity index (χ2n) is 5.45. The van der Waals surface area contributed by atoms with E-state index in [0.29, 0.717) is 0 Å². The number of nitrogens with one attached hydrogen (secondary N) is 2. The molecule has 134 valence electrons. The molecule has 0 aromatic heterocycles. The summed E-state index contributed by atoms with van der Waals surface area (Å²) in [6, 6.07) is 4.33. The maximum Gasteiger partial charge on any atom is 0.326 e. The van der Waals surface area contributed by atoms with E-state index in [4.69, 9.17) is 9.84 Å². The van der Waals surface area contributed by atoms with Crippen molar-refractivity contribution in [1.29, 1.82) is 0 Å². The first-order valence-electron chi connectivity index (χ1n) is 7.31. The Bertz CT molecular complexity index is 687. The topological polar surface area (TPSA) is 122 Å². The number of benzene rings is 1. The summed E-state index contributed by atoms with van der Waals surface area (Å²) in [6.07, 6.45) is 0. The van der Waals surface area contributed by atoms with Crippen molar-refractivity contribution in [2.45, 2.75) is 24.8 Å². The van der Waals surface area contributed by atoms with Gasteiger partial charge in [-0.1, -0.05) is 19.9 Å². The smallest absolute Gasteiger partial charge is 0.326 e. The molecule has 0 saturated carbocycles. The number of aliphatic carboxylic acids is 1. The second-order valence-corrected chi connectivity index (χ2v) is 7.22. The molecule has 1 rings (SSSR count). The number of rotatable bonds is 9. The van der Waals surface area contributed by atoms with Crippen molar-refractivity contribution in [2.24, 2.45) is 5.92 Å². The van der Waals surface area contributed by atoms with Crippen LogP contribution in [-0.4, -0.2) is 51.7 Å². The number of carbonyl (C=O) groups is 2. The summed E-state index contributed by atoms with van der Waals surface area (Å²) < 4.78 is 31.4. The third kappa shape index (κ3) is 5.59. The zero-order valence-electron chi connectivity index (χ0n) is 13.8. The molecule has 9 heteroatoms. The molecular formula is C15H22N2O6S. The lowest BCUT2D eigenvalue weighted by atomic mass is 10.0. The molecule has 8 nitrogen and oxygen atoms in total. The van der Waals surface area contributed by atoms with Crippen molar-refractivity contribution in [1.82, 2.24) is 10.0 Å². The van der Waals surface area contributed by atoms with Gasteiger partial charge in [0.1, 0.15) is 6.04 Å². The Morgan fingerprint density at radius 2 is 1.96 bits per heavy atom. The number of hydrogen-bond donors (Lipinski definition) is 3. The fourth-order valence-electron chi connectivity index (χ4n) is 1.90. The Hall–Kier alpha value is -1.97. The van der Waals surface area contributed by atoms with Gasteiger partial charge in [-0.25, -0.2) is 17.9 Å². The normalized spacial score (nSPS) is 12.8. The number of carboxylic acids is 1. The van der Waals surface area contributed by atoms with Crippen LogP contribution in [0.4, 0.5) is 0 Å². The monoisotopic (exact) mass is 358 g/mol. The van der Waals surface area contributed by atoms with Gasteiger partial charge < -0.3 is 15.2 Å². The summed E-state index contributed by atoms with van der Waals surface area (Å²) in [5, 5.41) is 11.5. The van der Waals surface area contributed by atoms with Gasteiger partial charge in [0.15, 0.2) is 0 Å². The van der Waals surface area contributed by atoms with E-state index in [2.05, 4.69) is 10.0 Å². The van der Waals surface area contributed by atoms with E-state index < -0.39 is 27.9 Å². The lowest BCUT2D eigenvalue weighted by molar-refractivity contribution is -0.140. The highest BCUT2D eigenvalue weighted by molar-refractivity contribution is 7.89. The Morgan fingerprint density at radius 1 is 1.29 bits per heavy atom. The summed E-state index contributed by atoms with van der Waals surface area (Å²) in [5.74, 6) is -2.11. The van der Waals surface area contributed by atoms with Crippen LogP contribution in [-0.2, 0) is 19.6 Å². The summed E-state index contributed by atoms with van der Waals surface area (Å²) in [6.45, 7) is 3.65. The molecule has 0 aliphatic carbocycles. The van der Waals surface area contributed by atoms with Crippen molar-refractivity contribution in [3.05, 3.63) is 29.8 Å². The number of amides is 1. The van der Waals surface area contributed by atoms with Crippen LogP contribution in [0, 0.1) is 5.92 Å². The standard InChI is InChI=1S/C15H22N2O6S/c1-10(2)13(15(19)20)17-14(18)11-5-4-6-12(9-11)24(21,22)16-7-8-23-3/h4-6,9-10,13,16H,7-8H2,1-3H3,(H,17,18)(H,19,20). The molecule has 1 aromatic carbocycles. The van der Waals surface area contributed by atoms with Gasteiger partial charge in [0.2, 0.25) is 10.0 Å². The zero-order chi connectivity index (χ0) is 18.3. The van der Waals surface area contributed by atoms with Crippen LogP contribution < -0.4 is 10.0 Å². The SMILES string of the molecule is COCCNS(=O)(=O)c1cccc(C(=O)NC(C(=O)O)C(C)C)c1. The molecule has 1 atom stereocenters. The van der Waals surface area contributed by atoms with Crippen molar-refractivity contribution < 1.29 is 27.9 Å². The van der Waals surface area contributed by atoms with Gasteiger partial charge in [-0.05, 0) is 24.1 Å². The van der Waals surface area contributed by atoms with E-state index in [-0.39, 0.29) is 29.5 Å². The van der Waals surface area contributed by atoms with Gasteiger partial charge in [-0.15, -0.1) is 0 Å². The summed E-state index contributed by atoms with van der Waals surface area (Å²) >= 11 is 0. The van der Waals surface area contributed by atoms with Crippen LogP contribution in [0.25, 0.3) is 0 Å². The van der Waals surface area contributed by atoms with E-state index in [9.17, 15) is 18.0 Å². The number of ether oxygens (including phenoxy) is 1. The Labute approximate surface area is 141 Å². The van der Waals surface area contributed by atoms with Crippen molar-refractivity contribution in [2.75, 3.05) is 20.3 Å². The highest BCUT2D eigenvalue weighted by Crippen LogP contribution is 2.12. The Morgan fingerprint density at radius 3 is 2.50 bits per heavy atom. The third-order valence-corrected chi connectivity index (χ3v) is 4.68. The molecular weight excluding hydrogens is 336 g/mol. The van der Waals surface area contributed by atoms with Crippen molar-refractivity contribution >= 4 is 21.9 Å². The lowest BCUT2D eigenvalue weighted by Gasteiger charge is -2.18. The molecule has 24 heavy (non-hydrogen) atoms. The average molecular weight is 358 g/mol. The minimum Gasteiger partial charge on any atom is -0.480 e. The van der Waals surface area contributed by atoms with Crippen LogP contribution in [0.15, 0.2) is 29.2 Å². The van der Waals surface area contributed by atoms with Gasteiger partial charge in [0.25, 0.3) is 5.91 Å². The van der Waals surface area contributed by atoms with E-state index >= 15 is 0 Å². The predicted molar refractivity (Wildman–Crippen MR) is 87.2 cm³/mol. The summed E-state index contributed by atoms with van der Waals surface area (Å²) in [7, 11) is -2.32. The number of carbonyl (C=O) groups excluding carboxylic acids is 1. The van der Waals surface area contributed by atoms with Crippen molar-refractivity contribution in [3.63, 3.8) is 0 Å². The summed E-state index contributed by atoms with van der Waals surface area (Å²) in [4.78, 5) is 23.3. The fourth-order valence-corrected chi connectivity index (χ4v) is 2.96. The highest BCUT2D eigenvalue weighted by Gasteiger charge is 2.24. The minimum absolute atomic E-state index is 0.0662. The van der Waals surface area contributed by atoms with Crippen LogP contribution >= 0.6 is 0 Å². The van der Waals surface area contributed by atoms with Gasteiger partial charge in [0.05, 0.1) is 11.5 Å². The fraction of sp³-hybridized carbons (Fsp3) is 0.467. The van der Waals surface area contributed by atoms with Crippen LogP contribution in [0.5, 0.6) is 0 Å². The molecule has 3 N–H and O–H groups in total. The average Bonchev–Trinajstić information content (AvgIpc) is 2.52. The molecule has 1 amide bonds. The molecule has 0 heterocycles. The Kier molecular flexibility index (Phi) is 7.33. The predicted octanol–water partition coefficient (Wildman–Crippen LogP) is 0.450. The van der Waals surface area contributed by atoms with Gasteiger partial charge in [-0.3, -0.25) is 4.79 Å². The van der Waals surface area contributed by atoms with Crippen LogP contribution in [0.1, 0.15) is 24.2 Å². The largest absolute Gasteiger partial charge is 0.480 e. The highest BCUT2D eigenvalue weighted by atomic mass is 32.2. The van der Waals surface area contributed by atoms with E-state index in [1.165, 1.54) is 31.4 Å². The summed E-state index contributed by atoms with van der Waals surface area (Å²) in [5.41, 5.74) is 0.0662. The number of sulfonamides is 1. The first-order chi connectivity index (χ1) is 11.2. The molecule has 0 radical (unpaired) electrons. The van der Waals surface area contributed by atoms with Gasteiger partial charge in [-0.2, -0.15) is 0 Å². The molecule has 0 aliphatic heterocycles. The van der Waals surface area contributed by atoms with Crippen LogP contribution in [0.2, 0.25) is 0 Å². The van der Waals surface area contributed by atoms with Crippen molar-refractivity contribution in [3.8, 4) is 0 Å². The zero-order valence-corrected chi connectivity index (χ0v) is 14.6. The quantitative estimate of drug-likeness (QED) is 0.551. The van der Waals surface area contributed by atoms with Crippen LogP contribution in [0.3, 0.4) is 0 Å². The number of hydrogen-bond acceptors (Lipinski definition) is 5. The maximum atomic E-state index is 12.2. The molecule has 0 fully saturated rings. The Balaban J connectivity index is 2.95. The molecule has 0 saturated heterocycles. The third-order valence-electron chi connectivity index (χ3n) is 3.22. The number of methoxy groups -OCH3 is 1. The molecule has 1 unspecified atom stereocenters. The van der Waals surface area contributed by atoms with E-state index in [1.54, 1.807) is 13.8 Å². The molecule has 0 spiro atoms. The lowest BCUT2D eigenvalue weighted by Crippen LogP contribution is -2.44. The molecule has 1 aromatic rings. The van der Waals surface area contributed by atoms with E-state index in [1.807, 2.05) is 0 Å². The van der Waals surface area contributed by atoms with Gasteiger partial charge in [0, 0.05) is 19.2 Å². The maximum absolute atomic E-state index is 12.2. The molecule has 0 bridgehead atoms. The first kappa shape index (κ1) is 20.1. The second kappa shape index (κ2) is 8.76. The first-order valence-corrected chi connectivity index (χ1v) is 8.79. The number of carboxylic acid groups (broad SMARTS) is 1. The molecule has 0 aliphatic rings.